The van der Waals surface area contributed by atoms with Gasteiger partial charge in [0.15, 0.2) is 0 Å². The van der Waals surface area contributed by atoms with Gasteiger partial charge in [0.25, 0.3) is 0 Å². The van der Waals surface area contributed by atoms with Crippen molar-refractivity contribution in [2.24, 2.45) is 7.05 Å². The van der Waals surface area contributed by atoms with E-state index in [4.69, 9.17) is 9.47 Å². The molecule has 28 heavy (non-hydrogen) atoms. The molecule has 1 fully saturated rings. The molecule has 0 bridgehead atoms. The van der Waals surface area contributed by atoms with Crippen LogP contribution in [0.5, 0.6) is 0 Å². The number of aryl methyl sites for hydroxylation is 1. The Bertz CT molecular complexity index is 1000. The number of aromatic nitrogens is 4. The average Bonchev–Trinajstić information content (AvgIpc) is 3.41. The van der Waals surface area contributed by atoms with E-state index in [0.717, 1.165) is 34.6 Å². The molecule has 1 aromatic carbocycles. The van der Waals surface area contributed by atoms with Gasteiger partial charge in [-0.05, 0) is 35.7 Å². The van der Waals surface area contributed by atoms with Gasteiger partial charge in [-0.3, -0.25) is 4.98 Å². The number of aliphatic hydroxyl groups is 1. The first-order valence-electron chi connectivity index (χ1n) is 9.21. The minimum Gasteiger partial charge on any atom is -0.394 e. The van der Waals surface area contributed by atoms with Gasteiger partial charge in [-0.2, -0.15) is 15.0 Å². The fourth-order valence-electron chi connectivity index (χ4n) is 4.08. The van der Waals surface area contributed by atoms with Gasteiger partial charge in [0.05, 0.1) is 24.5 Å². The van der Waals surface area contributed by atoms with Crippen molar-refractivity contribution in [2.45, 2.75) is 25.0 Å². The van der Waals surface area contributed by atoms with E-state index < -0.39 is 6.41 Å². The molecule has 8 heteroatoms. The Labute approximate surface area is 162 Å². The van der Waals surface area contributed by atoms with E-state index in [-0.39, 0.29) is 18.8 Å². The summed E-state index contributed by atoms with van der Waals surface area (Å²) in [6, 6.07) is 10.5. The maximum atomic E-state index is 9.63. The number of aliphatic hydroxyl groups excluding tert-OH is 1. The summed E-state index contributed by atoms with van der Waals surface area (Å²) < 4.78 is 11.2. The van der Waals surface area contributed by atoms with Crippen molar-refractivity contribution in [2.75, 3.05) is 18.6 Å². The number of benzene rings is 1. The smallest absolute Gasteiger partial charge is 0.241 e. The molecule has 1 unspecified atom stereocenters. The number of methoxy groups -OCH3 is 1. The molecule has 144 valence electrons. The summed E-state index contributed by atoms with van der Waals surface area (Å²) in [7, 11) is 3.41. The van der Waals surface area contributed by atoms with E-state index in [1.807, 2.05) is 18.3 Å². The Hall–Kier alpha value is -2.81. The van der Waals surface area contributed by atoms with Crippen LogP contribution in [0.25, 0.3) is 22.5 Å². The van der Waals surface area contributed by atoms with Crippen LogP contribution in [0.3, 0.4) is 0 Å². The Morgan fingerprint density at radius 3 is 2.71 bits per heavy atom. The molecule has 4 heterocycles. The molecule has 0 radical (unpaired) electrons. The Morgan fingerprint density at radius 1 is 1.18 bits per heavy atom. The van der Waals surface area contributed by atoms with E-state index in [1.165, 1.54) is 10.4 Å². The van der Waals surface area contributed by atoms with E-state index in [1.54, 1.807) is 20.4 Å². The number of rotatable bonds is 4. The molecule has 5 rings (SSSR count). The Balaban J connectivity index is 1.44. The summed E-state index contributed by atoms with van der Waals surface area (Å²) in [6.07, 6.45) is 3.69. The third-order valence-electron chi connectivity index (χ3n) is 5.43. The molecule has 1 saturated heterocycles. The first-order chi connectivity index (χ1) is 13.7. The Morgan fingerprint density at radius 2 is 2.04 bits per heavy atom. The predicted octanol–water partition coefficient (Wildman–Crippen LogP) is 1.60. The Kier molecular flexibility index (Phi) is 4.12. The highest BCUT2D eigenvalue weighted by molar-refractivity contribution is 5.72. The zero-order chi connectivity index (χ0) is 19.3. The van der Waals surface area contributed by atoms with E-state index >= 15 is 0 Å². The monoisotopic (exact) mass is 379 g/mol. The van der Waals surface area contributed by atoms with Crippen molar-refractivity contribution in [1.82, 2.24) is 20.0 Å². The second-order valence-electron chi connectivity index (χ2n) is 7.07. The molecule has 2 aromatic heterocycles. The summed E-state index contributed by atoms with van der Waals surface area (Å²) >= 11 is 0. The zero-order valence-electron chi connectivity index (χ0n) is 15.7. The lowest BCUT2D eigenvalue weighted by Gasteiger charge is -2.23. The summed E-state index contributed by atoms with van der Waals surface area (Å²) in [5.74, 6) is 0. The van der Waals surface area contributed by atoms with Gasteiger partial charge in [0.1, 0.15) is 11.8 Å². The molecule has 0 amide bonds. The van der Waals surface area contributed by atoms with Crippen LogP contribution >= 0.6 is 0 Å². The third kappa shape index (κ3) is 2.69. The lowest BCUT2D eigenvalue weighted by Crippen LogP contribution is -2.37. The summed E-state index contributed by atoms with van der Waals surface area (Å²) in [5, 5.41) is 18.0. The van der Waals surface area contributed by atoms with Crippen LogP contribution < -0.4 is 4.90 Å². The molecule has 3 aromatic rings. The second kappa shape index (κ2) is 6.66. The normalized spacial score (nSPS) is 23.1. The lowest BCUT2D eigenvalue weighted by atomic mass is 10.0. The molecule has 1 N–H and O–H groups in total. The van der Waals surface area contributed by atoms with Crippen LogP contribution in [-0.4, -0.2) is 57.4 Å². The van der Waals surface area contributed by atoms with E-state index in [9.17, 15) is 5.11 Å². The van der Waals surface area contributed by atoms with Gasteiger partial charge in [0, 0.05) is 31.6 Å². The topological polar surface area (TPSA) is 85.5 Å². The van der Waals surface area contributed by atoms with Crippen molar-refractivity contribution >= 4 is 5.69 Å². The third-order valence-corrected chi connectivity index (χ3v) is 5.43. The number of anilines is 1. The van der Waals surface area contributed by atoms with Gasteiger partial charge in [0.2, 0.25) is 6.41 Å². The van der Waals surface area contributed by atoms with Crippen molar-refractivity contribution in [3.8, 4) is 22.5 Å². The van der Waals surface area contributed by atoms with Crippen LogP contribution in [0.4, 0.5) is 5.69 Å². The second-order valence-corrected chi connectivity index (χ2v) is 7.07. The van der Waals surface area contributed by atoms with Crippen LogP contribution in [-0.2, 0) is 22.9 Å². The number of pyridine rings is 1. The standard InChI is InChI=1S/C20H21N5O3/c1-24-22-10-16(23-24)15-5-3-13(9-21-15)12-4-6-17-14(7-12)8-18-19(11-26)28-20(27-2)25(17)18/h3-7,9-10,18-20,26H,8,11H2,1-2H3/t18-,19-,20?/m0/s1. The summed E-state index contributed by atoms with van der Waals surface area (Å²) in [4.78, 5) is 8.18. The number of hydrogen-bond acceptors (Lipinski definition) is 7. The van der Waals surface area contributed by atoms with Crippen LogP contribution in [0.2, 0.25) is 0 Å². The fourth-order valence-corrected chi connectivity index (χ4v) is 4.08. The fraction of sp³-hybridized carbons (Fsp3) is 0.350. The SMILES string of the molecule is COC1O[C@@H](CO)[C@@H]2Cc3cc(-c4ccc(-c5cnn(C)n5)nc4)ccc3N12. The van der Waals surface area contributed by atoms with Crippen LogP contribution in [0, 0.1) is 0 Å². The molecular weight excluding hydrogens is 358 g/mol. The largest absolute Gasteiger partial charge is 0.394 e. The first-order valence-corrected chi connectivity index (χ1v) is 9.21. The molecule has 3 atom stereocenters. The summed E-state index contributed by atoms with van der Waals surface area (Å²) in [5.41, 5.74) is 6.02. The van der Waals surface area contributed by atoms with Crippen molar-refractivity contribution in [3.05, 3.63) is 48.3 Å². The molecular formula is C20H21N5O3. The van der Waals surface area contributed by atoms with E-state index in [0.29, 0.717) is 0 Å². The quantitative estimate of drug-likeness (QED) is 0.737. The molecule has 0 aliphatic carbocycles. The molecule has 0 spiro atoms. The van der Waals surface area contributed by atoms with Gasteiger partial charge in [-0.25, -0.2) is 0 Å². The zero-order valence-corrected chi connectivity index (χ0v) is 15.7. The number of ether oxygens (including phenoxy) is 2. The van der Waals surface area contributed by atoms with Crippen LogP contribution in [0.15, 0.2) is 42.7 Å². The maximum Gasteiger partial charge on any atom is 0.241 e. The minimum atomic E-state index is -0.456. The van der Waals surface area contributed by atoms with Gasteiger partial charge >= 0.3 is 0 Å². The minimum absolute atomic E-state index is 0.0182. The lowest BCUT2D eigenvalue weighted by molar-refractivity contribution is -0.122. The predicted molar refractivity (Wildman–Crippen MR) is 102 cm³/mol. The highest BCUT2D eigenvalue weighted by Gasteiger charge is 2.46. The number of nitrogens with zero attached hydrogens (tertiary/aromatic N) is 5. The van der Waals surface area contributed by atoms with Crippen molar-refractivity contribution in [3.63, 3.8) is 0 Å². The van der Waals surface area contributed by atoms with Gasteiger partial charge in [-0.15, -0.1) is 0 Å². The average molecular weight is 379 g/mol. The number of fused-ring (bicyclic) bond motifs is 3. The van der Waals surface area contributed by atoms with Crippen molar-refractivity contribution in [1.29, 1.82) is 0 Å². The van der Waals surface area contributed by atoms with E-state index in [2.05, 4.69) is 38.3 Å². The highest BCUT2D eigenvalue weighted by Crippen LogP contribution is 2.42. The van der Waals surface area contributed by atoms with Crippen molar-refractivity contribution < 1.29 is 14.6 Å². The van der Waals surface area contributed by atoms with Crippen LogP contribution in [0.1, 0.15) is 5.56 Å². The molecule has 0 saturated carbocycles. The highest BCUT2D eigenvalue weighted by atomic mass is 16.7. The first kappa shape index (κ1) is 17.3. The molecule has 8 nitrogen and oxygen atoms in total. The molecule has 2 aliphatic rings. The van der Waals surface area contributed by atoms with Gasteiger partial charge in [-0.1, -0.05) is 12.1 Å². The molecule has 2 aliphatic heterocycles. The van der Waals surface area contributed by atoms with Gasteiger partial charge < -0.3 is 19.5 Å². The maximum absolute atomic E-state index is 9.63. The summed E-state index contributed by atoms with van der Waals surface area (Å²) in [6.45, 7) is -0.0182. The number of hydrogen-bond donors (Lipinski definition) is 1.